The SMILES string of the molecule is O=C(NCCN1CCOCC1)N1CCN(c2ccc(Cl)cc2)CC1. The maximum atomic E-state index is 12.3. The summed E-state index contributed by atoms with van der Waals surface area (Å²) in [6.07, 6.45) is 0. The summed E-state index contributed by atoms with van der Waals surface area (Å²) in [5, 5.41) is 3.78. The average molecular weight is 353 g/mol. The number of carbonyl (C=O) groups is 1. The highest BCUT2D eigenvalue weighted by Gasteiger charge is 2.21. The third kappa shape index (κ3) is 4.75. The van der Waals surface area contributed by atoms with Gasteiger partial charge in [0.15, 0.2) is 0 Å². The summed E-state index contributed by atoms with van der Waals surface area (Å²) in [6.45, 7) is 8.25. The molecule has 2 saturated heterocycles. The molecule has 1 aromatic carbocycles. The summed E-state index contributed by atoms with van der Waals surface area (Å²) in [5.41, 5.74) is 1.16. The summed E-state index contributed by atoms with van der Waals surface area (Å²) >= 11 is 5.93. The third-order valence-electron chi connectivity index (χ3n) is 4.57. The number of hydrogen-bond acceptors (Lipinski definition) is 4. The molecule has 2 fully saturated rings. The lowest BCUT2D eigenvalue weighted by Crippen LogP contribution is -2.52. The number of carbonyl (C=O) groups excluding carboxylic acids is 1. The van der Waals surface area contributed by atoms with Gasteiger partial charge in [0.05, 0.1) is 13.2 Å². The number of amides is 2. The molecular weight excluding hydrogens is 328 g/mol. The molecule has 1 aromatic rings. The number of rotatable bonds is 4. The molecule has 7 heteroatoms. The largest absolute Gasteiger partial charge is 0.379 e. The molecule has 0 atom stereocenters. The summed E-state index contributed by atoms with van der Waals surface area (Å²) in [5.74, 6) is 0. The highest BCUT2D eigenvalue weighted by atomic mass is 35.5. The van der Waals surface area contributed by atoms with Crippen LogP contribution in [0.4, 0.5) is 10.5 Å². The van der Waals surface area contributed by atoms with E-state index in [1.54, 1.807) is 0 Å². The Bertz CT molecular complexity index is 526. The number of hydrogen-bond donors (Lipinski definition) is 1. The fraction of sp³-hybridized carbons (Fsp3) is 0.588. The van der Waals surface area contributed by atoms with Gasteiger partial charge < -0.3 is 19.9 Å². The number of nitrogens with zero attached hydrogens (tertiary/aromatic N) is 3. The number of piperazine rings is 1. The molecule has 6 nitrogen and oxygen atoms in total. The van der Waals surface area contributed by atoms with E-state index in [1.165, 1.54) is 0 Å². The molecule has 0 unspecified atom stereocenters. The number of anilines is 1. The monoisotopic (exact) mass is 352 g/mol. The van der Waals surface area contributed by atoms with Crippen molar-refractivity contribution in [1.29, 1.82) is 0 Å². The fourth-order valence-electron chi connectivity index (χ4n) is 3.08. The van der Waals surface area contributed by atoms with Crippen LogP contribution in [0.15, 0.2) is 24.3 Å². The van der Waals surface area contributed by atoms with Crippen LogP contribution in [0, 0.1) is 0 Å². The molecule has 2 heterocycles. The summed E-state index contributed by atoms with van der Waals surface area (Å²) in [7, 11) is 0. The van der Waals surface area contributed by atoms with Gasteiger partial charge >= 0.3 is 6.03 Å². The molecule has 1 N–H and O–H groups in total. The average Bonchev–Trinajstić information content (AvgIpc) is 2.63. The minimum absolute atomic E-state index is 0.0408. The Hall–Kier alpha value is -1.50. The van der Waals surface area contributed by atoms with Gasteiger partial charge in [-0.3, -0.25) is 4.90 Å². The molecule has 24 heavy (non-hydrogen) atoms. The van der Waals surface area contributed by atoms with Crippen LogP contribution in [0.2, 0.25) is 5.02 Å². The second kappa shape index (κ2) is 8.55. The molecule has 0 spiro atoms. The molecular formula is C17H25ClN4O2. The van der Waals surface area contributed by atoms with Crippen molar-refractivity contribution in [2.24, 2.45) is 0 Å². The van der Waals surface area contributed by atoms with Crippen molar-refractivity contribution >= 4 is 23.3 Å². The van der Waals surface area contributed by atoms with Crippen LogP contribution in [0.1, 0.15) is 0 Å². The fourth-order valence-corrected chi connectivity index (χ4v) is 3.20. The Morgan fingerprint density at radius 1 is 1.04 bits per heavy atom. The van der Waals surface area contributed by atoms with Gasteiger partial charge in [0, 0.05) is 63.1 Å². The van der Waals surface area contributed by atoms with Crippen molar-refractivity contribution in [3.8, 4) is 0 Å². The van der Waals surface area contributed by atoms with E-state index in [1.807, 2.05) is 29.2 Å². The number of benzene rings is 1. The number of ether oxygens (including phenoxy) is 1. The van der Waals surface area contributed by atoms with E-state index in [9.17, 15) is 4.79 Å². The van der Waals surface area contributed by atoms with Crippen LogP contribution < -0.4 is 10.2 Å². The first kappa shape index (κ1) is 17.3. The second-order valence-electron chi connectivity index (χ2n) is 6.14. The van der Waals surface area contributed by atoms with Crippen molar-refractivity contribution in [3.05, 3.63) is 29.3 Å². The lowest BCUT2D eigenvalue weighted by atomic mass is 10.2. The van der Waals surface area contributed by atoms with Crippen molar-refractivity contribution in [1.82, 2.24) is 15.1 Å². The number of morpholine rings is 1. The minimum atomic E-state index is 0.0408. The minimum Gasteiger partial charge on any atom is -0.379 e. The Kier molecular flexibility index (Phi) is 6.18. The molecule has 0 bridgehead atoms. The smallest absolute Gasteiger partial charge is 0.317 e. The quantitative estimate of drug-likeness (QED) is 0.892. The summed E-state index contributed by atoms with van der Waals surface area (Å²) < 4.78 is 5.33. The zero-order valence-corrected chi connectivity index (χ0v) is 14.7. The van der Waals surface area contributed by atoms with Crippen LogP contribution in [0.25, 0.3) is 0 Å². The maximum Gasteiger partial charge on any atom is 0.317 e. The van der Waals surface area contributed by atoms with E-state index in [0.29, 0.717) is 6.54 Å². The van der Waals surface area contributed by atoms with Crippen LogP contribution in [-0.2, 0) is 4.74 Å². The van der Waals surface area contributed by atoms with Gasteiger partial charge in [-0.05, 0) is 24.3 Å². The molecule has 0 aromatic heterocycles. The second-order valence-corrected chi connectivity index (χ2v) is 6.57. The van der Waals surface area contributed by atoms with Gasteiger partial charge in [0.1, 0.15) is 0 Å². The Balaban J connectivity index is 1.37. The number of urea groups is 1. The Morgan fingerprint density at radius 3 is 2.38 bits per heavy atom. The van der Waals surface area contributed by atoms with Crippen molar-refractivity contribution < 1.29 is 9.53 Å². The highest BCUT2D eigenvalue weighted by molar-refractivity contribution is 6.30. The zero-order chi connectivity index (χ0) is 16.8. The molecule has 0 aliphatic carbocycles. The lowest BCUT2D eigenvalue weighted by Gasteiger charge is -2.36. The Labute approximate surface area is 148 Å². The highest BCUT2D eigenvalue weighted by Crippen LogP contribution is 2.19. The van der Waals surface area contributed by atoms with Gasteiger partial charge in [0.2, 0.25) is 0 Å². The van der Waals surface area contributed by atoms with Gasteiger partial charge in [-0.15, -0.1) is 0 Å². The first-order valence-corrected chi connectivity index (χ1v) is 8.93. The van der Waals surface area contributed by atoms with E-state index >= 15 is 0 Å². The summed E-state index contributed by atoms with van der Waals surface area (Å²) in [4.78, 5) is 18.8. The number of halogens is 1. The van der Waals surface area contributed by atoms with E-state index in [4.69, 9.17) is 16.3 Å². The van der Waals surface area contributed by atoms with Crippen LogP contribution in [0.5, 0.6) is 0 Å². The van der Waals surface area contributed by atoms with Crippen LogP contribution in [-0.4, -0.2) is 81.4 Å². The van der Waals surface area contributed by atoms with Crippen LogP contribution in [0.3, 0.4) is 0 Å². The molecule has 2 aliphatic rings. The standard InChI is InChI=1S/C17H25ClN4O2/c18-15-1-3-16(4-2-15)21-7-9-22(10-8-21)17(23)19-5-6-20-11-13-24-14-12-20/h1-4H,5-14H2,(H,19,23). The van der Waals surface area contributed by atoms with Gasteiger partial charge in [-0.25, -0.2) is 4.79 Å². The number of nitrogens with one attached hydrogen (secondary N) is 1. The topological polar surface area (TPSA) is 48.1 Å². The van der Waals surface area contributed by atoms with Crippen LogP contribution >= 0.6 is 11.6 Å². The first-order chi connectivity index (χ1) is 11.7. The van der Waals surface area contributed by atoms with Gasteiger partial charge in [-0.2, -0.15) is 0 Å². The maximum absolute atomic E-state index is 12.3. The van der Waals surface area contributed by atoms with E-state index < -0.39 is 0 Å². The normalized spacial score (nSPS) is 19.4. The van der Waals surface area contributed by atoms with E-state index in [-0.39, 0.29) is 6.03 Å². The lowest BCUT2D eigenvalue weighted by molar-refractivity contribution is 0.0386. The molecule has 3 rings (SSSR count). The van der Waals surface area contributed by atoms with E-state index in [2.05, 4.69) is 15.1 Å². The predicted octanol–water partition coefficient (Wildman–Crippen LogP) is 1.50. The molecule has 2 aliphatic heterocycles. The predicted molar refractivity (Wildman–Crippen MR) is 95.9 cm³/mol. The Morgan fingerprint density at radius 2 is 1.71 bits per heavy atom. The molecule has 0 radical (unpaired) electrons. The van der Waals surface area contributed by atoms with Crippen molar-refractivity contribution in [3.63, 3.8) is 0 Å². The van der Waals surface area contributed by atoms with Crippen molar-refractivity contribution in [2.75, 3.05) is 70.5 Å². The zero-order valence-electron chi connectivity index (χ0n) is 13.9. The van der Waals surface area contributed by atoms with Gasteiger partial charge in [0.25, 0.3) is 0 Å². The first-order valence-electron chi connectivity index (χ1n) is 8.56. The van der Waals surface area contributed by atoms with E-state index in [0.717, 1.165) is 69.7 Å². The molecule has 2 amide bonds. The summed E-state index contributed by atoms with van der Waals surface area (Å²) in [6, 6.07) is 7.91. The third-order valence-corrected chi connectivity index (χ3v) is 4.82. The molecule has 0 saturated carbocycles. The van der Waals surface area contributed by atoms with Crippen molar-refractivity contribution in [2.45, 2.75) is 0 Å². The van der Waals surface area contributed by atoms with Gasteiger partial charge in [-0.1, -0.05) is 11.6 Å². The molecule has 132 valence electrons.